The molecule has 0 radical (unpaired) electrons. The average molecular weight is 533 g/mol. The van der Waals surface area contributed by atoms with E-state index in [1.165, 1.54) is 11.9 Å². The Morgan fingerprint density at radius 2 is 1.56 bits per heavy atom. The number of halogens is 2. The van der Waals surface area contributed by atoms with Crippen molar-refractivity contribution < 1.29 is 24.3 Å². The number of phenols is 1. The standard InChI is InChI=1S/C27H30Cl2N2O5/c1-12-9-14(10-13(2)20(12)32)19-15-7-8-16-18(22(34)31(21(16)33)25(3,4)5)17(15)11-26(28)23(35)30(6)24(36)27(19,26)29/h7,9-10,16-19,32H,8,11H2,1-6H3. The molecule has 1 N–H and O–H groups in total. The molecule has 9 heteroatoms. The summed E-state index contributed by atoms with van der Waals surface area (Å²) in [6.07, 6.45) is 2.23. The minimum absolute atomic E-state index is 0.0243. The van der Waals surface area contributed by atoms with Crippen LogP contribution in [0, 0.1) is 31.6 Å². The van der Waals surface area contributed by atoms with E-state index >= 15 is 0 Å². The third-order valence-corrected chi connectivity index (χ3v) is 9.95. The van der Waals surface area contributed by atoms with Crippen molar-refractivity contribution in [1.82, 2.24) is 9.80 Å². The van der Waals surface area contributed by atoms with Crippen LogP contribution in [0.1, 0.15) is 56.2 Å². The molecule has 3 fully saturated rings. The van der Waals surface area contributed by atoms with E-state index < -0.39 is 50.8 Å². The summed E-state index contributed by atoms with van der Waals surface area (Å²) in [6.45, 7) is 8.96. The van der Waals surface area contributed by atoms with E-state index in [9.17, 15) is 24.3 Å². The molecule has 2 aliphatic carbocycles. The number of aromatic hydroxyl groups is 1. The van der Waals surface area contributed by atoms with E-state index in [0.717, 1.165) is 10.5 Å². The van der Waals surface area contributed by atoms with Crippen molar-refractivity contribution in [3.8, 4) is 5.75 Å². The van der Waals surface area contributed by atoms with Gasteiger partial charge < -0.3 is 5.11 Å². The van der Waals surface area contributed by atoms with Crippen molar-refractivity contribution in [3.05, 3.63) is 40.5 Å². The molecule has 2 aliphatic heterocycles. The average Bonchev–Trinajstić information content (AvgIpc) is 3.12. The number of carbonyl (C=O) groups excluding carboxylic acids is 4. The van der Waals surface area contributed by atoms with Crippen LogP contribution in [-0.4, -0.2) is 60.9 Å². The molecule has 7 nitrogen and oxygen atoms in total. The zero-order valence-corrected chi connectivity index (χ0v) is 22.7. The van der Waals surface area contributed by atoms with Crippen LogP contribution in [0.15, 0.2) is 23.8 Å². The molecule has 2 heterocycles. The quantitative estimate of drug-likeness (QED) is 0.337. The van der Waals surface area contributed by atoms with Gasteiger partial charge in [-0.05, 0) is 70.1 Å². The van der Waals surface area contributed by atoms with Gasteiger partial charge in [0.1, 0.15) is 5.75 Å². The lowest BCUT2D eigenvalue weighted by atomic mass is 9.56. The summed E-state index contributed by atoms with van der Waals surface area (Å²) < 4.78 is 0. The Labute approximate surface area is 220 Å². The summed E-state index contributed by atoms with van der Waals surface area (Å²) in [4.78, 5) is 52.8. The molecular weight excluding hydrogens is 503 g/mol. The minimum Gasteiger partial charge on any atom is -0.507 e. The Bertz CT molecular complexity index is 1260. The summed E-state index contributed by atoms with van der Waals surface area (Å²) in [5, 5.41) is 10.4. The maximum absolute atomic E-state index is 13.7. The van der Waals surface area contributed by atoms with Gasteiger partial charge in [0.05, 0.1) is 11.8 Å². The van der Waals surface area contributed by atoms with Gasteiger partial charge in [-0.3, -0.25) is 29.0 Å². The van der Waals surface area contributed by atoms with E-state index in [0.29, 0.717) is 23.1 Å². The molecule has 6 unspecified atom stereocenters. The van der Waals surface area contributed by atoms with E-state index in [2.05, 4.69) is 0 Å². The number of alkyl halides is 2. The van der Waals surface area contributed by atoms with Gasteiger partial charge in [0.2, 0.25) is 11.8 Å². The number of amides is 4. The number of hydrogen-bond acceptors (Lipinski definition) is 5. The first-order valence-electron chi connectivity index (χ1n) is 12.2. The summed E-state index contributed by atoms with van der Waals surface area (Å²) in [7, 11) is 1.37. The third-order valence-electron chi connectivity index (χ3n) is 8.53. The van der Waals surface area contributed by atoms with Crippen LogP contribution in [-0.2, 0) is 19.2 Å². The molecule has 1 aromatic carbocycles. The maximum Gasteiger partial charge on any atom is 0.253 e. The number of phenolic OH excluding ortho intramolecular Hbond substituents is 1. The van der Waals surface area contributed by atoms with Crippen LogP contribution in [0.2, 0.25) is 0 Å². The zero-order valence-electron chi connectivity index (χ0n) is 21.2. The highest BCUT2D eigenvalue weighted by molar-refractivity contribution is 6.53. The first-order chi connectivity index (χ1) is 16.6. The summed E-state index contributed by atoms with van der Waals surface area (Å²) in [5.74, 6) is -4.17. The van der Waals surface area contributed by atoms with Gasteiger partial charge >= 0.3 is 0 Å². The number of nitrogens with zero attached hydrogens (tertiary/aromatic N) is 2. The number of aryl methyl sites for hydroxylation is 2. The molecule has 4 amide bonds. The van der Waals surface area contributed by atoms with E-state index in [1.54, 1.807) is 26.0 Å². The number of benzene rings is 1. The van der Waals surface area contributed by atoms with Gasteiger partial charge in [0.25, 0.3) is 11.8 Å². The predicted octanol–water partition coefficient (Wildman–Crippen LogP) is 3.80. The molecule has 1 aromatic rings. The summed E-state index contributed by atoms with van der Waals surface area (Å²) in [5.41, 5.74) is 1.88. The first kappa shape index (κ1) is 25.3. The van der Waals surface area contributed by atoms with Gasteiger partial charge in [-0.2, -0.15) is 0 Å². The molecular formula is C27H30Cl2N2O5. The van der Waals surface area contributed by atoms with Crippen LogP contribution in [0.3, 0.4) is 0 Å². The SMILES string of the molecule is Cc1cc(C2C3=CCC4C(=O)N(C(C)(C)C)C(=O)C4C3CC3(Cl)C(=O)N(C)C(=O)C23Cl)cc(C)c1O. The lowest BCUT2D eigenvalue weighted by Gasteiger charge is -2.51. The molecule has 6 atom stereocenters. The van der Waals surface area contributed by atoms with Crippen molar-refractivity contribution in [3.63, 3.8) is 0 Å². The smallest absolute Gasteiger partial charge is 0.253 e. The maximum atomic E-state index is 13.7. The molecule has 192 valence electrons. The molecule has 0 aromatic heterocycles. The lowest BCUT2D eigenvalue weighted by molar-refractivity contribution is -0.146. The monoisotopic (exact) mass is 532 g/mol. The second-order valence-corrected chi connectivity index (χ2v) is 12.9. The summed E-state index contributed by atoms with van der Waals surface area (Å²) in [6, 6.07) is 3.51. The molecule has 36 heavy (non-hydrogen) atoms. The van der Waals surface area contributed by atoms with Crippen molar-refractivity contribution in [1.29, 1.82) is 0 Å². The highest BCUT2D eigenvalue weighted by atomic mass is 35.5. The largest absolute Gasteiger partial charge is 0.507 e. The molecule has 0 spiro atoms. The van der Waals surface area contributed by atoms with E-state index in [4.69, 9.17) is 23.2 Å². The molecule has 0 bridgehead atoms. The van der Waals surface area contributed by atoms with Gasteiger partial charge in [0.15, 0.2) is 9.75 Å². The number of fused-ring (bicyclic) bond motifs is 4. The topological polar surface area (TPSA) is 95.0 Å². The van der Waals surface area contributed by atoms with Crippen molar-refractivity contribution in [2.24, 2.45) is 17.8 Å². The van der Waals surface area contributed by atoms with Crippen LogP contribution >= 0.6 is 23.2 Å². The fraction of sp³-hybridized carbons (Fsp3) is 0.556. The van der Waals surface area contributed by atoms with Crippen LogP contribution < -0.4 is 0 Å². The van der Waals surface area contributed by atoms with Crippen LogP contribution in [0.4, 0.5) is 0 Å². The predicted molar refractivity (Wildman–Crippen MR) is 135 cm³/mol. The van der Waals surface area contributed by atoms with Crippen LogP contribution in [0.5, 0.6) is 5.75 Å². The summed E-state index contributed by atoms with van der Waals surface area (Å²) >= 11 is 14.3. The highest BCUT2D eigenvalue weighted by Gasteiger charge is 2.76. The van der Waals surface area contributed by atoms with E-state index in [1.807, 2.05) is 26.8 Å². The Morgan fingerprint density at radius 3 is 2.11 bits per heavy atom. The number of hydrogen-bond donors (Lipinski definition) is 1. The fourth-order valence-corrected chi connectivity index (χ4v) is 7.95. The first-order valence-corrected chi connectivity index (χ1v) is 12.9. The molecule has 5 rings (SSSR count). The van der Waals surface area contributed by atoms with Crippen molar-refractivity contribution in [2.45, 2.75) is 68.7 Å². The number of imide groups is 2. The van der Waals surface area contributed by atoms with Gasteiger partial charge in [0, 0.05) is 18.5 Å². The van der Waals surface area contributed by atoms with Gasteiger partial charge in [-0.15, -0.1) is 23.2 Å². The second-order valence-electron chi connectivity index (χ2n) is 11.7. The van der Waals surface area contributed by atoms with E-state index in [-0.39, 0.29) is 24.0 Å². The Balaban J connectivity index is 1.75. The lowest BCUT2D eigenvalue weighted by Crippen LogP contribution is -2.60. The Hall–Kier alpha value is -2.38. The van der Waals surface area contributed by atoms with Crippen molar-refractivity contribution >= 4 is 46.8 Å². The number of allylic oxidation sites excluding steroid dienone is 2. The number of likely N-dealkylation sites (tertiary alicyclic amines) is 2. The fourth-order valence-electron chi connectivity index (χ4n) is 6.94. The normalized spacial score (nSPS) is 36.2. The number of rotatable bonds is 1. The van der Waals surface area contributed by atoms with Gasteiger partial charge in [-0.1, -0.05) is 23.8 Å². The van der Waals surface area contributed by atoms with Gasteiger partial charge in [-0.25, -0.2) is 0 Å². The zero-order chi connectivity index (χ0) is 26.7. The number of carbonyl (C=O) groups is 4. The molecule has 1 saturated carbocycles. The van der Waals surface area contributed by atoms with Crippen molar-refractivity contribution in [2.75, 3.05) is 7.05 Å². The second kappa shape index (κ2) is 7.57. The Kier molecular flexibility index (Phi) is 5.32. The third kappa shape index (κ3) is 2.93. The minimum atomic E-state index is -1.82. The molecule has 4 aliphatic rings. The van der Waals surface area contributed by atoms with Crippen LogP contribution in [0.25, 0.3) is 0 Å². The highest BCUT2D eigenvalue weighted by Crippen LogP contribution is 2.65. The Morgan fingerprint density at radius 1 is 0.972 bits per heavy atom. The molecule has 2 saturated heterocycles.